The number of nitrogens with one attached hydrogen (secondary N) is 1. The third-order valence-electron chi connectivity index (χ3n) is 4.61. The molecule has 9 heteroatoms. The van der Waals surface area contributed by atoms with Crippen molar-refractivity contribution in [1.29, 1.82) is 0 Å². The summed E-state index contributed by atoms with van der Waals surface area (Å²) in [6.45, 7) is 6.83. The molecule has 140 valence electrons. The van der Waals surface area contributed by atoms with E-state index in [1.807, 2.05) is 10.7 Å². The number of carbonyl (C=O) groups is 1. The molecule has 0 bridgehead atoms. The van der Waals surface area contributed by atoms with Crippen LogP contribution in [0.5, 0.6) is 0 Å². The molecule has 1 fully saturated rings. The lowest BCUT2D eigenvalue weighted by molar-refractivity contribution is 0.208. The van der Waals surface area contributed by atoms with Gasteiger partial charge in [0.2, 0.25) is 0 Å². The maximum absolute atomic E-state index is 12.6. The van der Waals surface area contributed by atoms with Crippen LogP contribution in [0.1, 0.15) is 19.9 Å². The van der Waals surface area contributed by atoms with E-state index in [-0.39, 0.29) is 12.1 Å². The van der Waals surface area contributed by atoms with Gasteiger partial charge in [-0.05, 0) is 19.9 Å². The third kappa shape index (κ3) is 3.53. The number of anilines is 2. The van der Waals surface area contributed by atoms with E-state index in [0.29, 0.717) is 18.8 Å². The Kier molecular flexibility index (Phi) is 4.57. The van der Waals surface area contributed by atoms with Crippen molar-refractivity contribution in [3.8, 4) is 0 Å². The maximum Gasteiger partial charge on any atom is 0.322 e. The van der Waals surface area contributed by atoms with Crippen molar-refractivity contribution in [2.45, 2.75) is 19.9 Å². The number of pyridine rings is 1. The van der Waals surface area contributed by atoms with Crippen LogP contribution in [0.25, 0.3) is 11.0 Å². The molecule has 0 radical (unpaired) electrons. The van der Waals surface area contributed by atoms with Crippen molar-refractivity contribution in [3.05, 3.63) is 37.1 Å². The van der Waals surface area contributed by atoms with Crippen LogP contribution in [0.3, 0.4) is 0 Å². The van der Waals surface area contributed by atoms with Gasteiger partial charge >= 0.3 is 6.03 Å². The molecule has 4 heterocycles. The number of urea groups is 1. The summed E-state index contributed by atoms with van der Waals surface area (Å²) in [7, 11) is 0. The predicted molar refractivity (Wildman–Crippen MR) is 103 cm³/mol. The molecule has 0 spiro atoms. The van der Waals surface area contributed by atoms with Gasteiger partial charge in [0.05, 0.1) is 24.3 Å². The molecule has 0 aliphatic carbocycles. The zero-order chi connectivity index (χ0) is 18.8. The van der Waals surface area contributed by atoms with Gasteiger partial charge in [0.25, 0.3) is 0 Å². The Morgan fingerprint density at radius 1 is 1.07 bits per heavy atom. The standard InChI is InChI=1S/C18H22N8O/c1-13(2)26-17-14(10-22-26)9-15(11-21-17)23-18(27)25-7-5-24(6-8-25)16-12-19-3-4-20-16/h3-4,9-13H,5-8H2,1-2H3,(H,23,27). The first-order valence-electron chi connectivity index (χ1n) is 9.02. The van der Waals surface area contributed by atoms with Crippen LogP contribution in [-0.4, -0.2) is 61.8 Å². The van der Waals surface area contributed by atoms with Crippen molar-refractivity contribution in [2.24, 2.45) is 0 Å². The molecule has 1 saturated heterocycles. The molecule has 1 N–H and O–H groups in total. The fourth-order valence-corrected chi connectivity index (χ4v) is 3.18. The molecule has 0 aromatic carbocycles. The highest BCUT2D eigenvalue weighted by atomic mass is 16.2. The molecule has 0 unspecified atom stereocenters. The van der Waals surface area contributed by atoms with Crippen LogP contribution in [0.15, 0.2) is 37.1 Å². The third-order valence-corrected chi connectivity index (χ3v) is 4.61. The lowest BCUT2D eigenvalue weighted by atomic mass is 10.3. The maximum atomic E-state index is 12.6. The number of aromatic nitrogens is 5. The van der Waals surface area contributed by atoms with Gasteiger partial charge in [-0.2, -0.15) is 5.10 Å². The Balaban J connectivity index is 1.39. The fourth-order valence-electron chi connectivity index (χ4n) is 3.18. The first-order chi connectivity index (χ1) is 13.1. The van der Waals surface area contributed by atoms with E-state index in [9.17, 15) is 4.79 Å². The molecule has 4 rings (SSSR count). The molecule has 3 aromatic rings. The molecule has 0 saturated carbocycles. The minimum absolute atomic E-state index is 0.119. The summed E-state index contributed by atoms with van der Waals surface area (Å²) in [4.78, 5) is 29.4. The average Bonchev–Trinajstić information content (AvgIpc) is 3.12. The molecule has 1 aliphatic heterocycles. The van der Waals surface area contributed by atoms with Crippen LogP contribution in [0.2, 0.25) is 0 Å². The van der Waals surface area contributed by atoms with Crippen LogP contribution in [-0.2, 0) is 0 Å². The molecule has 3 aromatic heterocycles. The minimum Gasteiger partial charge on any atom is -0.352 e. The number of rotatable bonds is 3. The van der Waals surface area contributed by atoms with E-state index in [2.05, 4.69) is 44.1 Å². The number of fused-ring (bicyclic) bond motifs is 1. The molecule has 2 amide bonds. The van der Waals surface area contributed by atoms with E-state index in [4.69, 9.17) is 0 Å². The SMILES string of the molecule is CC(C)n1ncc2cc(NC(=O)N3CCN(c4cnccn4)CC3)cnc21. The quantitative estimate of drug-likeness (QED) is 0.764. The lowest BCUT2D eigenvalue weighted by Crippen LogP contribution is -2.50. The Bertz CT molecular complexity index is 931. The van der Waals surface area contributed by atoms with E-state index in [1.165, 1.54) is 0 Å². The Hall–Kier alpha value is -3.23. The van der Waals surface area contributed by atoms with Gasteiger partial charge in [-0.1, -0.05) is 0 Å². The number of hydrogen-bond acceptors (Lipinski definition) is 6. The number of amides is 2. The van der Waals surface area contributed by atoms with E-state index in [0.717, 1.165) is 29.9 Å². The van der Waals surface area contributed by atoms with Gasteiger partial charge in [0.1, 0.15) is 5.82 Å². The van der Waals surface area contributed by atoms with Crippen molar-refractivity contribution < 1.29 is 4.79 Å². The van der Waals surface area contributed by atoms with Gasteiger partial charge in [-0.3, -0.25) is 4.98 Å². The number of carbonyl (C=O) groups excluding carboxylic acids is 1. The van der Waals surface area contributed by atoms with Crippen LogP contribution in [0.4, 0.5) is 16.3 Å². The zero-order valence-electron chi connectivity index (χ0n) is 15.4. The molecule has 27 heavy (non-hydrogen) atoms. The molecular formula is C18H22N8O. The smallest absolute Gasteiger partial charge is 0.322 e. The van der Waals surface area contributed by atoms with Crippen molar-refractivity contribution in [1.82, 2.24) is 29.6 Å². The topological polar surface area (TPSA) is 92.1 Å². The highest BCUT2D eigenvalue weighted by Gasteiger charge is 2.22. The summed E-state index contributed by atoms with van der Waals surface area (Å²) < 4.78 is 1.87. The summed E-state index contributed by atoms with van der Waals surface area (Å²) in [5.74, 6) is 0.842. The number of nitrogens with zero attached hydrogens (tertiary/aromatic N) is 7. The van der Waals surface area contributed by atoms with E-state index >= 15 is 0 Å². The average molecular weight is 366 g/mol. The first-order valence-corrected chi connectivity index (χ1v) is 9.02. The highest BCUT2D eigenvalue weighted by molar-refractivity contribution is 5.91. The summed E-state index contributed by atoms with van der Waals surface area (Å²) in [5, 5.41) is 8.21. The van der Waals surface area contributed by atoms with Gasteiger partial charge in [0.15, 0.2) is 5.65 Å². The summed E-state index contributed by atoms with van der Waals surface area (Å²) in [6.07, 6.45) is 8.53. The lowest BCUT2D eigenvalue weighted by Gasteiger charge is -2.35. The zero-order valence-corrected chi connectivity index (χ0v) is 15.4. The summed E-state index contributed by atoms with van der Waals surface area (Å²) in [6, 6.07) is 2.02. The Morgan fingerprint density at radius 2 is 1.89 bits per heavy atom. The van der Waals surface area contributed by atoms with Crippen molar-refractivity contribution in [2.75, 3.05) is 36.4 Å². The largest absolute Gasteiger partial charge is 0.352 e. The summed E-state index contributed by atoms with van der Waals surface area (Å²) in [5.41, 5.74) is 1.49. The van der Waals surface area contributed by atoms with E-state index < -0.39 is 0 Å². The first kappa shape index (κ1) is 17.2. The predicted octanol–water partition coefficient (Wildman–Crippen LogP) is 2.16. The number of hydrogen-bond donors (Lipinski definition) is 1. The van der Waals surface area contributed by atoms with Crippen molar-refractivity contribution in [3.63, 3.8) is 0 Å². The highest BCUT2D eigenvalue weighted by Crippen LogP contribution is 2.19. The van der Waals surface area contributed by atoms with E-state index in [1.54, 1.807) is 35.9 Å². The Morgan fingerprint density at radius 3 is 2.59 bits per heavy atom. The second-order valence-corrected chi connectivity index (χ2v) is 6.79. The fraction of sp³-hybridized carbons (Fsp3) is 0.389. The second-order valence-electron chi connectivity index (χ2n) is 6.79. The monoisotopic (exact) mass is 366 g/mol. The van der Waals surface area contributed by atoms with Crippen LogP contribution >= 0.6 is 0 Å². The van der Waals surface area contributed by atoms with Crippen molar-refractivity contribution >= 4 is 28.6 Å². The Labute approximate surface area is 157 Å². The second kappa shape index (κ2) is 7.18. The molecule has 0 atom stereocenters. The van der Waals surface area contributed by atoms with Gasteiger partial charge in [0, 0.05) is 50.0 Å². The van der Waals surface area contributed by atoms with Gasteiger partial charge in [-0.15, -0.1) is 0 Å². The minimum atomic E-state index is -0.119. The molecule has 9 nitrogen and oxygen atoms in total. The number of piperazine rings is 1. The summed E-state index contributed by atoms with van der Waals surface area (Å²) >= 11 is 0. The molecular weight excluding hydrogens is 344 g/mol. The van der Waals surface area contributed by atoms with Crippen LogP contribution in [0, 0.1) is 0 Å². The van der Waals surface area contributed by atoms with Gasteiger partial charge < -0.3 is 15.1 Å². The van der Waals surface area contributed by atoms with Gasteiger partial charge in [-0.25, -0.2) is 19.4 Å². The normalized spacial score (nSPS) is 14.8. The van der Waals surface area contributed by atoms with Crippen LogP contribution < -0.4 is 10.2 Å². The molecule has 1 aliphatic rings.